The van der Waals surface area contributed by atoms with E-state index in [4.69, 9.17) is 0 Å². The number of azo groups is 1. The maximum absolute atomic E-state index is 10.1. The summed E-state index contributed by atoms with van der Waals surface area (Å²) in [5.74, 6) is 0.141. The van der Waals surface area contributed by atoms with Crippen LogP contribution in [-0.4, -0.2) is 5.11 Å². The molecule has 0 radical (unpaired) electrons. The Morgan fingerprint density at radius 3 is 2.48 bits per heavy atom. The molecular formula is C18H16N2O. The van der Waals surface area contributed by atoms with E-state index in [9.17, 15) is 5.11 Å². The monoisotopic (exact) mass is 276 g/mol. The van der Waals surface area contributed by atoms with Crippen LogP contribution < -0.4 is 0 Å². The van der Waals surface area contributed by atoms with Crippen molar-refractivity contribution in [1.82, 2.24) is 0 Å². The third kappa shape index (κ3) is 2.50. The Hall–Kier alpha value is -2.68. The quantitative estimate of drug-likeness (QED) is 0.610. The molecule has 3 rings (SSSR count). The molecule has 21 heavy (non-hydrogen) atoms. The summed E-state index contributed by atoms with van der Waals surface area (Å²) in [6, 6.07) is 17.3. The average Bonchev–Trinajstić information content (AvgIpc) is 2.50. The van der Waals surface area contributed by atoms with Crippen LogP contribution in [0.1, 0.15) is 11.1 Å². The van der Waals surface area contributed by atoms with Crippen molar-refractivity contribution in [3.8, 4) is 5.75 Å². The number of benzene rings is 3. The van der Waals surface area contributed by atoms with Crippen molar-refractivity contribution in [3.05, 3.63) is 65.7 Å². The van der Waals surface area contributed by atoms with Crippen molar-refractivity contribution in [2.75, 3.05) is 0 Å². The molecule has 3 heteroatoms. The molecule has 0 saturated carbocycles. The normalized spacial score (nSPS) is 11.3. The van der Waals surface area contributed by atoms with Gasteiger partial charge in [0.1, 0.15) is 11.4 Å². The predicted molar refractivity (Wildman–Crippen MR) is 85.7 cm³/mol. The van der Waals surface area contributed by atoms with Gasteiger partial charge in [0.2, 0.25) is 0 Å². The Balaban J connectivity index is 2.11. The third-order valence-corrected chi connectivity index (χ3v) is 3.71. The zero-order valence-electron chi connectivity index (χ0n) is 12.0. The van der Waals surface area contributed by atoms with Crippen LogP contribution in [-0.2, 0) is 0 Å². The highest BCUT2D eigenvalue weighted by atomic mass is 16.3. The minimum atomic E-state index is 0.141. The van der Waals surface area contributed by atoms with Crippen molar-refractivity contribution in [3.63, 3.8) is 0 Å². The number of phenols is 1. The van der Waals surface area contributed by atoms with E-state index >= 15 is 0 Å². The fourth-order valence-electron chi connectivity index (χ4n) is 2.30. The number of rotatable bonds is 2. The molecule has 0 bridgehead atoms. The maximum atomic E-state index is 10.1. The minimum absolute atomic E-state index is 0.141. The number of phenolic OH excluding ortho intramolecular Hbond substituents is 1. The minimum Gasteiger partial charge on any atom is -0.506 e. The molecule has 0 amide bonds. The van der Waals surface area contributed by atoms with Gasteiger partial charge in [0, 0.05) is 5.39 Å². The van der Waals surface area contributed by atoms with Crippen LogP contribution in [0.5, 0.6) is 5.75 Å². The van der Waals surface area contributed by atoms with Gasteiger partial charge in [-0.3, -0.25) is 0 Å². The number of nitrogens with zero attached hydrogens (tertiary/aromatic N) is 2. The smallest absolute Gasteiger partial charge is 0.143 e. The van der Waals surface area contributed by atoms with Gasteiger partial charge < -0.3 is 5.11 Å². The van der Waals surface area contributed by atoms with E-state index in [1.165, 1.54) is 5.56 Å². The summed E-state index contributed by atoms with van der Waals surface area (Å²) >= 11 is 0. The van der Waals surface area contributed by atoms with Gasteiger partial charge >= 0.3 is 0 Å². The summed E-state index contributed by atoms with van der Waals surface area (Å²) in [4.78, 5) is 0. The summed E-state index contributed by atoms with van der Waals surface area (Å²) in [7, 11) is 0. The molecule has 0 spiro atoms. The largest absolute Gasteiger partial charge is 0.506 e. The van der Waals surface area contributed by atoms with E-state index in [1.54, 1.807) is 6.07 Å². The fraction of sp³-hybridized carbons (Fsp3) is 0.111. The van der Waals surface area contributed by atoms with Crippen LogP contribution >= 0.6 is 0 Å². The molecule has 1 N–H and O–H groups in total. The molecule has 0 aliphatic heterocycles. The Kier molecular flexibility index (Phi) is 3.40. The van der Waals surface area contributed by atoms with Gasteiger partial charge in [0.25, 0.3) is 0 Å². The molecule has 104 valence electrons. The molecule has 3 aromatic carbocycles. The second-order valence-electron chi connectivity index (χ2n) is 5.07. The van der Waals surface area contributed by atoms with Gasteiger partial charge in [-0.15, -0.1) is 5.11 Å². The van der Waals surface area contributed by atoms with Crippen LogP contribution in [0, 0.1) is 13.8 Å². The van der Waals surface area contributed by atoms with Gasteiger partial charge in [-0.1, -0.05) is 42.5 Å². The molecule has 0 atom stereocenters. The summed E-state index contributed by atoms with van der Waals surface area (Å²) in [5, 5.41) is 20.6. The lowest BCUT2D eigenvalue weighted by atomic mass is 10.1. The summed E-state index contributed by atoms with van der Waals surface area (Å²) in [6.45, 7) is 4.07. The number of aromatic hydroxyl groups is 1. The summed E-state index contributed by atoms with van der Waals surface area (Å²) in [6.07, 6.45) is 0. The molecule has 0 fully saturated rings. The number of hydrogen-bond acceptors (Lipinski definition) is 3. The van der Waals surface area contributed by atoms with Crippen LogP contribution in [0.3, 0.4) is 0 Å². The molecule has 0 saturated heterocycles. The van der Waals surface area contributed by atoms with Crippen LogP contribution in [0.4, 0.5) is 11.4 Å². The lowest BCUT2D eigenvalue weighted by Gasteiger charge is -2.05. The summed E-state index contributed by atoms with van der Waals surface area (Å²) in [5.41, 5.74) is 3.60. The van der Waals surface area contributed by atoms with Crippen LogP contribution in [0.15, 0.2) is 64.8 Å². The number of aryl methyl sites for hydroxylation is 1. The van der Waals surface area contributed by atoms with Crippen molar-refractivity contribution < 1.29 is 5.11 Å². The van der Waals surface area contributed by atoms with Crippen molar-refractivity contribution in [2.24, 2.45) is 10.2 Å². The molecule has 0 aromatic heterocycles. The lowest BCUT2D eigenvalue weighted by molar-refractivity contribution is 0.477. The standard InChI is InChI=1S/C18H16N2O/c1-12-6-5-9-16(13(12)2)19-20-18-15-8-4-3-7-14(15)10-11-17(18)21/h3-11,21H,1-2H3/b20-19+. The van der Waals surface area contributed by atoms with Crippen molar-refractivity contribution in [1.29, 1.82) is 0 Å². The second-order valence-corrected chi connectivity index (χ2v) is 5.07. The van der Waals surface area contributed by atoms with E-state index < -0.39 is 0 Å². The van der Waals surface area contributed by atoms with Crippen molar-refractivity contribution in [2.45, 2.75) is 13.8 Å². The predicted octanol–water partition coefficient (Wildman–Crippen LogP) is 5.58. The Morgan fingerprint density at radius 2 is 1.62 bits per heavy atom. The summed E-state index contributed by atoms with van der Waals surface area (Å²) < 4.78 is 0. The third-order valence-electron chi connectivity index (χ3n) is 3.71. The molecule has 0 heterocycles. The van der Waals surface area contributed by atoms with Crippen LogP contribution in [0.2, 0.25) is 0 Å². The zero-order valence-corrected chi connectivity index (χ0v) is 12.0. The molecule has 0 aliphatic carbocycles. The first kappa shape index (κ1) is 13.3. The second kappa shape index (κ2) is 5.37. The van der Waals surface area contributed by atoms with E-state index in [0.29, 0.717) is 5.69 Å². The Bertz CT molecular complexity index is 838. The highest BCUT2D eigenvalue weighted by Gasteiger charge is 2.06. The number of hydrogen-bond donors (Lipinski definition) is 1. The van der Waals surface area contributed by atoms with Gasteiger partial charge in [-0.25, -0.2) is 0 Å². The maximum Gasteiger partial charge on any atom is 0.143 e. The molecule has 0 unspecified atom stereocenters. The van der Waals surface area contributed by atoms with Crippen molar-refractivity contribution >= 4 is 22.1 Å². The van der Waals surface area contributed by atoms with E-state index in [-0.39, 0.29) is 5.75 Å². The molecule has 0 aliphatic rings. The molecule has 3 nitrogen and oxygen atoms in total. The van der Waals surface area contributed by atoms with E-state index in [2.05, 4.69) is 10.2 Å². The Labute approximate surface area is 123 Å². The first-order chi connectivity index (χ1) is 10.2. The highest BCUT2D eigenvalue weighted by Crippen LogP contribution is 2.36. The topological polar surface area (TPSA) is 45.0 Å². The molecule has 3 aromatic rings. The highest BCUT2D eigenvalue weighted by molar-refractivity contribution is 5.95. The Morgan fingerprint density at radius 1 is 0.810 bits per heavy atom. The van der Waals surface area contributed by atoms with E-state index in [0.717, 1.165) is 22.0 Å². The van der Waals surface area contributed by atoms with Gasteiger partial charge in [0.05, 0.1) is 5.69 Å². The van der Waals surface area contributed by atoms with Gasteiger partial charge in [0.15, 0.2) is 0 Å². The number of fused-ring (bicyclic) bond motifs is 1. The first-order valence-electron chi connectivity index (χ1n) is 6.85. The zero-order chi connectivity index (χ0) is 14.8. The average molecular weight is 276 g/mol. The lowest BCUT2D eigenvalue weighted by Crippen LogP contribution is -1.79. The SMILES string of the molecule is Cc1cccc(/N=N/c2c(O)ccc3ccccc23)c1C. The van der Waals surface area contributed by atoms with Gasteiger partial charge in [-0.2, -0.15) is 5.11 Å². The fourth-order valence-corrected chi connectivity index (χ4v) is 2.30. The van der Waals surface area contributed by atoms with E-state index in [1.807, 2.05) is 62.4 Å². The van der Waals surface area contributed by atoms with Gasteiger partial charge in [-0.05, 0) is 42.5 Å². The van der Waals surface area contributed by atoms with Crippen LogP contribution in [0.25, 0.3) is 10.8 Å². The first-order valence-corrected chi connectivity index (χ1v) is 6.85. The molecular weight excluding hydrogens is 260 g/mol.